The smallest absolute Gasteiger partial charge is 0.325 e. The number of carbonyl (C=O) groups excluding carboxylic acids is 2. The fourth-order valence-corrected chi connectivity index (χ4v) is 3.85. The number of benzene rings is 1. The SMILES string of the molecule is Cc1ccc(OC[C@@H](O)CN2C(=O)NC3(CCC(C)CC3)C2=O)c(C)c1. The summed E-state index contributed by atoms with van der Waals surface area (Å²) in [4.78, 5) is 26.2. The van der Waals surface area contributed by atoms with Crippen molar-refractivity contribution in [1.29, 1.82) is 0 Å². The van der Waals surface area contributed by atoms with Crippen molar-refractivity contribution in [2.75, 3.05) is 13.2 Å². The van der Waals surface area contributed by atoms with Gasteiger partial charge in [0.05, 0.1) is 6.54 Å². The Morgan fingerprint density at radius 1 is 1.31 bits per heavy atom. The number of aliphatic hydroxyl groups is 1. The summed E-state index contributed by atoms with van der Waals surface area (Å²) in [5.74, 6) is 1.07. The van der Waals surface area contributed by atoms with Gasteiger partial charge in [-0.25, -0.2) is 4.79 Å². The van der Waals surface area contributed by atoms with Crippen LogP contribution in [0.4, 0.5) is 4.79 Å². The molecule has 2 aliphatic rings. The van der Waals surface area contributed by atoms with Crippen LogP contribution >= 0.6 is 0 Å². The normalized spacial score (nSPS) is 26.9. The average molecular weight is 360 g/mol. The summed E-state index contributed by atoms with van der Waals surface area (Å²) >= 11 is 0. The molecule has 1 spiro atoms. The first-order valence-corrected chi connectivity index (χ1v) is 9.33. The van der Waals surface area contributed by atoms with Crippen molar-refractivity contribution in [2.24, 2.45) is 5.92 Å². The van der Waals surface area contributed by atoms with Crippen LogP contribution in [0.5, 0.6) is 5.75 Å². The largest absolute Gasteiger partial charge is 0.491 e. The minimum atomic E-state index is -0.928. The van der Waals surface area contributed by atoms with Gasteiger partial charge >= 0.3 is 6.03 Å². The number of aliphatic hydroxyl groups excluding tert-OH is 1. The second-order valence-electron chi connectivity index (χ2n) is 7.84. The average Bonchev–Trinajstić information content (AvgIpc) is 2.81. The van der Waals surface area contributed by atoms with Crippen molar-refractivity contribution in [3.63, 3.8) is 0 Å². The monoisotopic (exact) mass is 360 g/mol. The molecule has 6 nitrogen and oxygen atoms in total. The third-order valence-electron chi connectivity index (χ3n) is 5.53. The van der Waals surface area contributed by atoms with E-state index in [0.29, 0.717) is 24.5 Å². The molecular formula is C20H28N2O4. The Hall–Kier alpha value is -2.08. The number of ether oxygens (including phenoxy) is 1. The maximum atomic E-state index is 12.8. The number of imide groups is 1. The number of hydrogen-bond donors (Lipinski definition) is 2. The number of hydrogen-bond acceptors (Lipinski definition) is 4. The number of aryl methyl sites for hydroxylation is 2. The van der Waals surface area contributed by atoms with Crippen LogP contribution in [-0.2, 0) is 4.79 Å². The minimum Gasteiger partial charge on any atom is -0.491 e. The second kappa shape index (κ2) is 7.27. The lowest BCUT2D eigenvalue weighted by atomic mass is 9.77. The van der Waals surface area contributed by atoms with Crippen LogP contribution in [0.2, 0.25) is 0 Å². The van der Waals surface area contributed by atoms with E-state index in [1.54, 1.807) is 0 Å². The summed E-state index contributed by atoms with van der Waals surface area (Å²) in [5.41, 5.74) is 1.36. The number of nitrogens with one attached hydrogen (secondary N) is 1. The molecule has 142 valence electrons. The van der Waals surface area contributed by atoms with Crippen LogP contribution in [-0.4, -0.2) is 46.7 Å². The molecule has 0 unspecified atom stereocenters. The van der Waals surface area contributed by atoms with Crippen molar-refractivity contribution in [2.45, 2.75) is 58.1 Å². The van der Waals surface area contributed by atoms with Gasteiger partial charge in [0, 0.05) is 0 Å². The molecule has 3 amide bonds. The predicted molar refractivity (Wildman–Crippen MR) is 98.0 cm³/mol. The lowest BCUT2D eigenvalue weighted by Gasteiger charge is -2.33. The van der Waals surface area contributed by atoms with Crippen LogP contribution in [0.25, 0.3) is 0 Å². The maximum absolute atomic E-state index is 12.8. The molecule has 1 heterocycles. The van der Waals surface area contributed by atoms with Crippen molar-refractivity contribution in [3.8, 4) is 5.75 Å². The Morgan fingerprint density at radius 3 is 2.65 bits per heavy atom. The molecule has 1 saturated heterocycles. The number of β-amino-alcohol motifs (C(OH)–C–C–N with tert-alkyl or cyclic N) is 1. The van der Waals surface area contributed by atoms with Crippen LogP contribution in [0, 0.1) is 19.8 Å². The third-order valence-corrected chi connectivity index (χ3v) is 5.53. The first-order chi connectivity index (χ1) is 12.3. The summed E-state index contributed by atoms with van der Waals surface area (Å²) in [6.07, 6.45) is 2.27. The van der Waals surface area contributed by atoms with Gasteiger partial charge in [-0.05, 0) is 57.1 Å². The van der Waals surface area contributed by atoms with Gasteiger partial charge in [-0.3, -0.25) is 9.69 Å². The minimum absolute atomic E-state index is 0.0327. The van der Waals surface area contributed by atoms with Crippen molar-refractivity contribution >= 4 is 11.9 Å². The highest BCUT2D eigenvalue weighted by Crippen LogP contribution is 2.36. The van der Waals surface area contributed by atoms with Crippen molar-refractivity contribution < 1.29 is 19.4 Å². The molecule has 1 aromatic rings. The maximum Gasteiger partial charge on any atom is 0.325 e. The summed E-state index contributed by atoms with van der Waals surface area (Å²) in [7, 11) is 0. The summed E-state index contributed by atoms with van der Waals surface area (Å²) < 4.78 is 5.67. The van der Waals surface area contributed by atoms with Gasteiger partial charge in [0.1, 0.15) is 24.0 Å². The zero-order chi connectivity index (χ0) is 18.9. The van der Waals surface area contributed by atoms with E-state index in [2.05, 4.69) is 12.2 Å². The van der Waals surface area contributed by atoms with E-state index in [1.807, 2.05) is 32.0 Å². The molecule has 1 saturated carbocycles. The van der Waals surface area contributed by atoms with Crippen LogP contribution in [0.3, 0.4) is 0 Å². The second-order valence-corrected chi connectivity index (χ2v) is 7.84. The molecule has 1 aliphatic heterocycles. The van der Waals surface area contributed by atoms with Crippen molar-refractivity contribution in [1.82, 2.24) is 10.2 Å². The topological polar surface area (TPSA) is 78.9 Å². The number of nitrogens with zero attached hydrogens (tertiary/aromatic N) is 1. The summed E-state index contributed by atoms with van der Waals surface area (Å²) in [5, 5.41) is 13.2. The highest BCUT2D eigenvalue weighted by Gasteiger charge is 2.52. The number of carbonyl (C=O) groups is 2. The standard InChI is InChI=1S/C20H28N2O4/c1-13-6-8-20(9-7-13)18(24)22(19(25)21-20)11-16(23)12-26-17-5-4-14(2)10-15(17)3/h4-5,10,13,16,23H,6-9,11-12H2,1-3H3,(H,21,25)/t13?,16-,20?/m0/s1. The van der Waals surface area contributed by atoms with Crippen LogP contribution in [0.15, 0.2) is 18.2 Å². The predicted octanol–water partition coefficient (Wildman–Crippen LogP) is 2.54. The van der Waals surface area contributed by atoms with Gasteiger partial charge in [-0.2, -0.15) is 0 Å². The van der Waals surface area contributed by atoms with E-state index in [9.17, 15) is 14.7 Å². The highest BCUT2D eigenvalue weighted by atomic mass is 16.5. The number of urea groups is 1. The molecule has 3 rings (SSSR count). The third kappa shape index (κ3) is 3.70. The van der Waals surface area contributed by atoms with E-state index in [-0.39, 0.29) is 19.1 Å². The van der Waals surface area contributed by atoms with E-state index in [1.165, 1.54) is 0 Å². The van der Waals surface area contributed by atoms with E-state index < -0.39 is 17.7 Å². The highest BCUT2D eigenvalue weighted by molar-refractivity contribution is 6.07. The zero-order valence-corrected chi connectivity index (χ0v) is 15.7. The van der Waals surface area contributed by atoms with E-state index in [0.717, 1.165) is 28.9 Å². The molecule has 1 aromatic carbocycles. The van der Waals surface area contributed by atoms with Gasteiger partial charge in [0.15, 0.2) is 0 Å². The first-order valence-electron chi connectivity index (χ1n) is 9.33. The molecule has 2 fully saturated rings. The Labute approximate surface area is 154 Å². The lowest BCUT2D eigenvalue weighted by molar-refractivity contribution is -0.133. The van der Waals surface area contributed by atoms with Crippen LogP contribution in [0.1, 0.15) is 43.7 Å². The summed E-state index contributed by atoms with van der Waals surface area (Å²) in [6, 6.07) is 5.41. The Balaban J connectivity index is 1.58. The summed E-state index contributed by atoms with van der Waals surface area (Å²) in [6.45, 7) is 6.10. The van der Waals surface area contributed by atoms with Gasteiger partial charge in [-0.15, -0.1) is 0 Å². The fraction of sp³-hybridized carbons (Fsp3) is 0.600. The number of rotatable bonds is 5. The Bertz CT molecular complexity index is 695. The zero-order valence-electron chi connectivity index (χ0n) is 15.7. The Morgan fingerprint density at radius 2 is 2.00 bits per heavy atom. The number of amides is 3. The molecule has 2 N–H and O–H groups in total. The molecule has 0 radical (unpaired) electrons. The van der Waals surface area contributed by atoms with Gasteiger partial charge in [-0.1, -0.05) is 24.6 Å². The van der Waals surface area contributed by atoms with Gasteiger partial charge < -0.3 is 15.2 Å². The molecular weight excluding hydrogens is 332 g/mol. The van der Waals surface area contributed by atoms with Gasteiger partial charge in [0.2, 0.25) is 0 Å². The lowest BCUT2D eigenvalue weighted by Crippen LogP contribution is -2.49. The van der Waals surface area contributed by atoms with E-state index >= 15 is 0 Å². The molecule has 26 heavy (non-hydrogen) atoms. The molecule has 1 atom stereocenters. The molecule has 1 aliphatic carbocycles. The first kappa shape index (κ1) is 18.7. The molecule has 0 bridgehead atoms. The molecule has 6 heteroatoms. The van der Waals surface area contributed by atoms with Crippen molar-refractivity contribution in [3.05, 3.63) is 29.3 Å². The Kier molecular flexibility index (Phi) is 5.23. The quantitative estimate of drug-likeness (QED) is 0.791. The van der Waals surface area contributed by atoms with Gasteiger partial charge in [0.25, 0.3) is 5.91 Å². The molecule has 0 aromatic heterocycles. The van der Waals surface area contributed by atoms with E-state index in [4.69, 9.17) is 4.74 Å². The van der Waals surface area contributed by atoms with Crippen LogP contribution < -0.4 is 10.1 Å². The fourth-order valence-electron chi connectivity index (χ4n) is 3.85.